The lowest BCUT2D eigenvalue weighted by Crippen LogP contribution is -2.40. The largest absolute Gasteiger partial charge is 0.481 e. The molecule has 2 rings (SSSR count). The molecule has 1 saturated heterocycles. The number of hydrogen-bond donors (Lipinski definition) is 1. The SMILES string of the molecule is CN1CC[C@H](c2ccco2)C(C(=O)O)C1. The monoisotopic (exact) mass is 209 g/mol. The van der Waals surface area contributed by atoms with E-state index >= 15 is 0 Å². The smallest absolute Gasteiger partial charge is 0.308 e. The van der Waals surface area contributed by atoms with Crippen LogP contribution >= 0.6 is 0 Å². The molecule has 15 heavy (non-hydrogen) atoms. The highest BCUT2D eigenvalue weighted by molar-refractivity contribution is 5.71. The van der Waals surface area contributed by atoms with Crippen LogP contribution in [0.4, 0.5) is 0 Å². The highest BCUT2D eigenvalue weighted by Gasteiger charge is 2.35. The maximum atomic E-state index is 11.1. The molecule has 0 amide bonds. The van der Waals surface area contributed by atoms with Gasteiger partial charge >= 0.3 is 5.97 Å². The number of likely N-dealkylation sites (tertiary alicyclic amines) is 1. The first-order chi connectivity index (χ1) is 7.18. The second-order valence-corrected chi connectivity index (χ2v) is 4.12. The molecule has 0 bridgehead atoms. The molecule has 0 saturated carbocycles. The summed E-state index contributed by atoms with van der Waals surface area (Å²) in [6.45, 7) is 1.52. The second-order valence-electron chi connectivity index (χ2n) is 4.12. The number of furan rings is 1. The summed E-state index contributed by atoms with van der Waals surface area (Å²) in [5, 5.41) is 9.16. The van der Waals surface area contributed by atoms with Gasteiger partial charge in [-0.05, 0) is 32.1 Å². The Hall–Kier alpha value is -1.29. The first-order valence-electron chi connectivity index (χ1n) is 5.13. The van der Waals surface area contributed by atoms with E-state index in [-0.39, 0.29) is 11.8 Å². The van der Waals surface area contributed by atoms with Gasteiger partial charge in [0.2, 0.25) is 0 Å². The van der Waals surface area contributed by atoms with E-state index < -0.39 is 5.97 Å². The van der Waals surface area contributed by atoms with Gasteiger partial charge in [-0.2, -0.15) is 0 Å². The average Bonchev–Trinajstić information content (AvgIpc) is 2.70. The summed E-state index contributed by atoms with van der Waals surface area (Å²) in [5.41, 5.74) is 0. The van der Waals surface area contributed by atoms with Crippen LogP contribution in [-0.4, -0.2) is 36.1 Å². The third-order valence-electron chi connectivity index (χ3n) is 3.04. The number of rotatable bonds is 2. The van der Waals surface area contributed by atoms with E-state index in [1.54, 1.807) is 6.26 Å². The number of carboxylic acids is 1. The van der Waals surface area contributed by atoms with E-state index in [0.29, 0.717) is 6.54 Å². The normalized spacial score (nSPS) is 27.8. The molecule has 82 valence electrons. The van der Waals surface area contributed by atoms with Crippen molar-refractivity contribution in [2.45, 2.75) is 12.3 Å². The van der Waals surface area contributed by atoms with Gasteiger partial charge in [0, 0.05) is 12.5 Å². The summed E-state index contributed by atoms with van der Waals surface area (Å²) in [5.74, 6) is -0.262. The van der Waals surface area contributed by atoms with Gasteiger partial charge in [0.1, 0.15) is 5.76 Å². The Bertz CT molecular complexity index is 334. The van der Waals surface area contributed by atoms with Crippen LogP contribution in [0.1, 0.15) is 18.1 Å². The molecule has 0 aliphatic carbocycles. The van der Waals surface area contributed by atoms with Crippen molar-refractivity contribution in [3.05, 3.63) is 24.2 Å². The van der Waals surface area contributed by atoms with Crippen molar-refractivity contribution in [2.75, 3.05) is 20.1 Å². The van der Waals surface area contributed by atoms with Crippen LogP contribution in [0.15, 0.2) is 22.8 Å². The lowest BCUT2D eigenvalue weighted by atomic mass is 9.84. The Labute approximate surface area is 88.5 Å². The number of carboxylic acid groups (broad SMARTS) is 1. The summed E-state index contributed by atoms with van der Waals surface area (Å²) in [6.07, 6.45) is 2.45. The van der Waals surface area contributed by atoms with E-state index in [9.17, 15) is 4.79 Å². The van der Waals surface area contributed by atoms with Gasteiger partial charge in [0.05, 0.1) is 12.2 Å². The zero-order valence-electron chi connectivity index (χ0n) is 8.72. The quantitative estimate of drug-likeness (QED) is 0.800. The van der Waals surface area contributed by atoms with Crippen LogP contribution in [0.3, 0.4) is 0 Å². The van der Waals surface area contributed by atoms with E-state index in [2.05, 4.69) is 4.90 Å². The van der Waals surface area contributed by atoms with Crippen LogP contribution in [0.2, 0.25) is 0 Å². The summed E-state index contributed by atoms with van der Waals surface area (Å²) in [4.78, 5) is 13.2. The molecule has 4 nitrogen and oxygen atoms in total. The fraction of sp³-hybridized carbons (Fsp3) is 0.545. The predicted molar refractivity (Wildman–Crippen MR) is 54.7 cm³/mol. The number of nitrogens with zero attached hydrogens (tertiary/aromatic N) is 1. The van der Waals surface area contributed by atoms with Crippen molar-refractivity contribution in [1.29, 1.82) is 0 Å². The van der Waals surface area contributed by atoms with Crippen molar-refractivity contribution < 1.29 is 14.3 Å². The lowest BCUT2D eigenvalue weighted by molar-refractivity contribution is -0.144. The van der Waals surface area contributed by atoms with Crippen molar-refractivity contribution in [3.63, 3.8) is 0 Å². The predicted octanol–water partition coefficient (Wildman–Crippen LogP) is 1.40. The van der Waals surface area contributed by atoms with Crippen LogP contribution < -0.4 is 0 Å². The Morgan fingerprint density at radius 1 is 1.67 bits per heavy atom. The molecule has 1 unspecified atom stereocenters. The molecule has 1 aliphatic heterocycles. The average molecular weight is 209 g/mol. The van der Waals surface area contributed by atoms with Gasteiger partial charge in [-0.1, -0.05) is 0 Å². The fourth-order valence-corrected chi connectivity index (χ4v) is 2.21. The van der Waals surface area contributed by atoms with Crippen LogP contribution in [0.5, 0.6) is 0 Å². The van der Waals surface area contributed by atoms with Crippen molar-refractivity contribution in [3.8, 4) is 0 Å². The number of carbonyl (C=O) groups is 1. The Kier molecular flexibility index (Phi) is 2.77. The minimum atomic E-state index is -0.733. The van der Waals surface area contributed by atoms with E-state index in [4.69, 9.17) is 9.52 Å². The number of hydrogen-bond acceptors (Lipinski definition) is 3. The molecule has 1 aliphatic rings. The van der Waals surface area contributed by atoms with Crippen LogP contribution in [-0.2, 0) is 4.79 Å². The summed E-state index contributed by atoms with van der Waals surface area (Å²) < 4.78 is 5.31. The van der Waals surface area contributed by atoms with Crippen LogP contribution in [0.25, 0.3) is 0 Å². The Morgan fingerprint density at radius 2 is 2.47 bits per heavy atom. The van der Waals surface area contributed by atoms with E-state index in [1.165, 1.54) is 0 Å². The van der Waals surface area contributed by atoms with Gasteiger partial charge in [-0.3, -0.25) is 4.79 Å². The highest BCUT2D eigenvalue weighted by atomic mass is 16.4. The van der Waals surface area contributed by atoms with Gasteiger partial charge in [0.25, 0.3) is 0 Å². The standard InChI is InChI=1S/C11H15NO3/c1-12-5-4-8(9(7-12)11(13)14)10-3-2-6-15-10/h2-3,6,8-9H,4-5,7H2,1H3,(H,13,14)/t8-,9?/m0/s1. The molecule has 0 radical (unpaired) electrons. The highest BCUT2D eigenvalue weighted by Crippen LogP contribution is 2.32. The third-order valence-corrected chi connectivity index (χ3v) is 3.04. The summed E-state index contributed by atoms with van der Waals surface area (Å²) in [7, 11) is 1.95. The molecule has 1 fully saturated rings. The minimum Gasteiger partial charge on any atom is -0.481 e. The van der Waals surface area contributed by atoms with Gasteiger partial charge < -0.3 is 14.4 Å². The molecule has 2 heterocycles. The first-order valence-corrected chi connectivity index (χ1v) is 5.13. The lowest BCUT2D eigenvalue weighted by Gasteiger charge is -2.33. The van der Waals surface area contributed by atoms with Gasteiger partial charge in [-0.15, -0.1) is 0 Å². The molecule has 4 heteroatoms. The first kappa shape index (κ1) is 10.2. The van der Waals surface area contributed by atoms with Crippen molar-refractivity contribution in [1.82, 2.24) is 4.90 Å². The van der Waals surface area contributed by atoms with Gasteiger partial charge in [-0.25, -0.2) is 0 Å². The second kappa shape index (κ2) is 4.06. The number of aliphatic carboxylic acids is 1. The molecule has 2 atom stereocenters. The zero-order chi connectivity index (χ0) is 10.8. The van der Waals surface area contributed by atoms with Crippen molar-refractivity contribution >= 4 is 5.97 Å². The molecular weight excluding hydrogens is 194 g/mol. The third kappa shape index (κ3) is 2.04. The molecule has 1 aromatic heterocycles. The Morgan fingerprint density at radius 3 is 3.07 bits per heavy atom. The Balaban J connectivity index is 2.19. The molecule has 1 N–H and O–H groups in total. The van der Waals surface area contributed by atoms with E-state index in [0.717, 1.165) is 18.7 Å². The zero-order valence-corrected chi connectivity index (χ0v) is 8.72. The van der Waals surface area contributed by atoms with E-state index in [1.807, 2.05) is 19.2 Å². The maximum Gasteiger partial charge on any atom is 0.308 e. The minimum absolute atomic E-state index is 0.0219. The molecule has 1 aromatic rings. The summed E-state index contributed by atoms with van der Waals surface area (Å²) >= 11 is 0. The van der Waals surface area contributed by atoms with Crippen molar-refractivity contribution in [2.24, 2.45) is 5.92 Å². The molecule has 0 spiro atoms. The number of piperidine rings is 1. The summed E-state index contributed by atoms with van der Waals surface area (Å²) in [6, 6.07) is 3.68. The van der Waals surface area contributed by atoms with Gasteiger partial charge in [0.15, 0.2) is 0 Å². The molecular formula is C11H15NO3. The topological polar surface area (TPSA) is 53.7 Å². The van der Waals surface area contributed by atoms with Crippen LogP contribution in [0, 0.1) is 5.92 Å². The maximum absolute atomic E-state index is 11.1. The molecule has 0 aromatic carbocycles. The fourth-order valence-electron chi connectivity index (χ4n) is 2.21.